The summed E-state index contributed by atoms with van der Waals surface area (Å²) in [7, 11) is 0. The van der Waals surface area contributed by atoms with Gasteiger partial charge in [-0.3, -0.25) is 4.98 Å². The second-order valence-corrected chi connectivity index (χ2v) is 7.92. The predicted molar refractivity (Wildman–Crippen MR) is 113 cm³/mol. The molecule has 0 amide bonds. The van der Waals surface area contributed by atoms with E-state index in [1.807, 2.05) is 0 Å². The Labute approximate surface area is 184 Å². The number of nitrogens with zero attached hydrogens (tertiary/aromatic N) is 6. The van der Waals surface area contributed by atoms with E-state index < -0.39 is 18.2 Å². The average Bonchev–Trinajstić information content (AvgIpc) is 3.11. The van der Waals surface area contributed by atoms with Gasteiger partial charge in [-0.05, 0) is 24.6 Å². The third-order valence-electron chi connectivity index (χ3n) is 5.53. The number of halogens is 3. The number of phenolic OH excluding ortho intramolecular Hbond substituents is 1. The minimum Gasteiger partial charge on any atom is -0.504 e. The molecule has 162 valence electrons. The van der Waals surface area contributed by atoms with Crippen LogP contribution in [-0.2, 0) is 0 Å². The first kappa shape index (κ1) is 20.4. The normalized spacial score (nSPS) is 14.3. The number of fused-ring (bicyclic) bond motifs is 2. The van der Waals surface area contributed by atoms with E-state index in [9.17, 15) is 24.3 Å². The lowest BCUT2D eigenvalue weighted by Crippen LogP contribution is -2.51. The van der Waals surface area contributed by atoms with Crippen molar-refractivity contribution in [2.75, 3.05) is 18.0 Å². The molecular formula is C21H15ClF2N6O2. The molecule has 0 radical (unpaired) electrons. The molecule has 0 aliphatic carbocycles. The van der Waals surface area contributed by atoms with E-state index in [1.165, 1.54) is 16.8 Å². The van der Waals surface area contributed by atoms with Crippen molar-refractivity contribution in [2.24, 2.45) is 0 Å². The Morgan fingerprint density at radius 1 is 1.28 bits per heavy atom. The number of pyridine rings is 1. The summed E-state index contributed by atoms with van der Waals surface area (Å²) in [5, 5.41) is 34.5. The summed E-state index contributed by atoms with van der Waals surface area (Å²) in [6.45, 7) is 2.22. The molecule has 4 aromatic rings. The number of aryl methyl sites for hydroxylation is 1. The number of aliphatic hydroxyl groups excluding tert-OH is 1. The molecule has 8 nitrogen and oxygen atoms in total. The van der Waals surface area contributed by atoms with Gasteiger partial charge in [0.05, 0.1) is 16.8 Å². The van der Waals surface area contributed by atoms with E-state index in [0.717, 1.165) is 0 Å². The van der Waals surface area contributed by atoms with Crippen LogP contribution >= 0.6 is 11.6 Å². The van der Waals surface area contributed by atoms with Crippen molar-refractivity contribution in [3.8, 4) is 22.9 Å². The summed E-state index contributed by atoms with van der Waals surface area (Å²) < 4.78 is 28.4. The molecule has 11 heteroatoms. The van der Waals surface area contributed by atoms with Gasteiger partial charge in [0.1, 0.15) is 28.7 Å². The van der Waals surface area contributed by atoms with Gasteiger partial charge in [0.25, 0.3) is 6.43 Å². The van der Waals surface area contributed by atoms with Crippen LogP contribution in [0.1, 0.15) is 23.4 Å². The Bertz CT molecular complexity index is 1440. The van der Waals surface area contributed by atoms with Crippen LogP contribution in [0.2, 0.25) is 5.02 Å². The molecular weight excluding hydrogens is 442 g/mol. The maximum absolute atomic E-state index is 13.6. The Morgan fingerprint density at radius 3 is 2.69 bits per heavy atom. The number of aromatic nitrogens is 4. The minimum absolute atomic E-state index is 0.0182. The molecule has 5 rings (SSSR count). The first-order chi connectivity index (χ1) is 15.3. The first-order valence-electron chi connectivity index (χ1n) is 9.62. The lowest BCUT2D eigenvalue weighted by atomic mass is 9.98. The van der Waals surface area contributed by atoms with Crippen molar-refractivity contribution in [3.63, 3.8) is 0 Å². The molecule has 0 spiro atoms. The maximum Gasteiger partial charge on any atom is 0.283 e. The van der Waals surface area contributed by atoms with E-state index in [-0.39, 0.29) is 40.6 Å². The van der Waals surface area contributed by atoms with Gasteiger partial charge in [-0.2, -0.15) is 14.9 Å². The molecule has 2 N–H and O–H groups in total. The van der Waals surface area contributed by atoms with Crippen molar-refractivity contribution in [1.29, 1.82) is 5.26 Å². The summed E-state index contributed by atoms with van der Waals surface area (Å²) in [6.07, 6.45) is -2.03. The highest BCUT2D eigenvalue weighted by molar-refractivity contribution is 6.33. The Hall–Kier alpha value is -3.55. The van der Waals surface area contributed by atoms with Crippen LogP contribution < -0.4 is 4.90 Å². The van der Waals surface area contributed by atoms with Crippen molar-refractivity contribution in [1.82, 2.24) is 19.6 Å². The van der Waals surface area contributed by atoms with E-state index in [2.05, 4.69) is 15.1 Å². The highest BCUT2D eigenvalue weighted by Crippen LogP contribution is 2.42. The second kappa shape index (κ2) is 7.25. The van der Waals surface area contributed by atoms with E-state index >= 15 is 0 Å². The molecule has 1 aliphatic heterocycles. The van der Waals surface area contributed by atoms with Crippen LogP contribution in [0.25, 0.3) is 27.7 Å². The van der Waals surface area contributed by atoms with Crippen molar-refractivity contribution < 1.29 is 19.0 Å². The molecule has 1 aliphatic rings. The maximum atomic E-state index is 13.6. The summed E-state index contributed by atoms with van der Waals surface area (Å²) >= 11 is 6.04. The smallest absolute Gasteiger partial charge is 0.283 e. The van der Waals surface area contributed by atoms with Gasteiger partial charge in [0, 0.05) is 30.2 Å². The number of hydrogen-bond donors (Lipinski definition) is 2. The third kappa shape index (κ3) is 2.86. The Balaban J connectivity index is 1.90. The molecule has 0 saturated carbocycles. The van der Waals surface area contributed by atoms with Crippen LogP contribution in [-0.4, -0.2) is 49.0 Å². The van der Waals surface area contributed by atoms with Crippen molar-refractivity contribution in [3.05, 3.63) is 46.4 Å². The quantitative estimate of drug-likeness (QED) is 0.484. The molecule has 0 bridgehead atoms. The lowest BCUT2D eigenvalue weighted by Gasteiger charge is -2.39. The molecule has 0 unspecified atom stereocenters. The van der Waals surface area contributed by atoms with Gasteiger partial charge in [0.2, 0.25) is 0 Å². The topological polar surface area (TPSA) is 111 Å². The predicted octanol–water partition coefficient (Wildman–Crippen LogP) is 3.60. The lowest BCUT2D eigenvalue weighted by molar-refractivity contribution is 0.140. The first-order valence-corrected chi connectivity index (χ1v) is 10.0. The third-order valence-corrected chi connectivity index (χ3v) is 5.84. The van der Waals surface area contributed by atoms with Gasteiger partial charge in [-0.1, -0.05) is 17.7 Å². The molecule has 4 heterocycles. The minimum atomic E-state index is -2.95. The second-order valence-electron chi connectivity index (χ2n) is 7.51. The summed E-state index contributed by atoms with van der Waals surface area (Å²) in [5.74, 6) is 0.243. The van der Waals surface area contributed by atoms with Crippen LogP contribution in [0, 0.1) is 18.3 Å². The van der Waals surface area contributed by atoms with Crippen LogP contribution in [0.5, 0.6) is 5.75 Å². The van der Waals surface area contributed by atoms with E-state index in [1.54, 1.807) is 30.0 Å². The number of benzene rings is 1. The van der Waals surface area contributed by atoms with E-state index in [0.29, 0.717) is 28.0 Å². The number of aliphatic hydroxyl groups is 1. The summed E-state index contributed by atoms with van der Waals surface area (Å²) in [6, 6.07) is 6.74. The SMILES string of the molecule is Cc1nc2c(C#N)c(C(F)F)nn2c(N2CC(O)C2)c1-c1ccnc2c(O)c(Cl)ccc12. The zero-order chi connectivity index (χ0) is 22.7. The molecule has 1 fully saturated rings. The standard InChI is InChI=1S/C21H15ClF2N6O2/c1-9-15(11-4-5-26-16-12(11)2-3-14(22)18(16)32)21(29-7-10(31)8-29)30-20(27-9)13(6-25)17(28-30)19(23)24/h2-5,10,19,31-32H,7-8H2,1H3. The van der Waals surface area contributed by atoms with Crippen molar-refractivity contribution >= 4 is 34.0 Å². The van der Waals surface area contributed by atoms with Crippen LogP contribution in [0.15, 0.2) is 24.4 Å². The van der Waals surface area contributed by atoms with Gasteiger partial charge in [-0.25, -0.2) is 13.8 Å². The van der Waals surface area contributed by atoms with Crippen LogP contribution in [0.3, 0.4) is 0 Å². The number of anilines is 1. The number of phenols is 1. The van der Waals surface area contributed by atoms with Gasteiger partial charge >= 0.3 is 0 Å². The zero-order valence-electron chi connectivity index (χ0n) is 16.6. The van der Waals surface area contributed by atoms with Gasteiger partial charge < -0.3 is 15.1 Å². The number of rotatable bonds is 3. The summed E-state index contributed by atoms with van der Waals surface area (Å²) in [4.78, 5) is 10.4. The number of alkyl halides is 2. The number of β-amino-alcohol motifs (C(OH)–C–C–N with tert-alkyl or cyclic N) is 1. The Morgan fingerprint density at radius 2 is 2.03 bits per heavy atom. The highest BCUT2D eigenvalue weighted by Gasteiger charge is 2.33. The Kier molecular flexibility index (Phi) is 4.62. The number of hydrogen-bond acceptors (Lipinski definition) is 7. The largest absolute Gasteiger partial charge is 0.504 e. The molecule has 0 atom stereocenters. The molecule has 1 saturated heterocycles. The fraction of sp³-hybridized carbons (Fsp3) is 0.238. The highest BCUT2D eigenvalue weighted by atomic mass is 35.5. The summed E-state index contributed by atoms with van der Waals surface area (Å²) in [5.41, 5.74) is 1.00. The molecule has 1 aromatic carbocycles. The number of nitriles is 1. The average molecular weight is 457 g/mol. The van der Waals surface area contributed by atoms with Crippen molar-refractivity contribution in [2.45, 2.75) is 19.5 Å². The van der Waals surface area contributed by atoms with E-state index in [4.69, 9.17) is 11.6 Å². The molecule has 32 heavy (non-hydrogen) atoms. The fourth-order valence-corrected chi connectivity index (χ4v) is 4.20. The molecule has 3 aromatic heterocycles. The zero-order valence-corrected chi connectivity index (χ0v) is 17.3. The fourth-order valence-electron chi connectivity index (χ4n) is 4.05. The number of aromatic hydroxyl groups is 1. The van der Waals surface area contributed by atoms with Gasteiger partial charge in [0.15, 0.2) is 11.4 Å². The van der Waals surface area contributed by atoms with Gasteiger partial charge in [-0.15, -0.1) is 0 Å². The van der Waals surface area contributed by atoms with Crippen LogP contribution in [0.4, 0.5) is 14.6 Å². The monoisotopic (exact) mass is 456 g/mol.